The number of benzene rings is 2. The molecule has 0 aliphatic heterocycles. The van der Waals surface area contributed by atoms with Gasteiger partial charge in [0, 0.05) is 11.8 Å². The lowest BCUT2D eigenvalue weighted by atomic mass is 10.2. The third kappa shape index (κ3) is 3.00. The number of hydrogen-bond acceptors (Lipinski definition) is 2. The van der Waals surface area contributed by atoms with Crippen LogP contribution in [0.25, 0.3) is 0 Å². The molecular formula is C13H8ClF2NO2. The van der Waals surface area contributed by atoms with Crippen LogP contribution in [0.5, 0.6) is 5.75 Å². The van der Waals surface area contributed by atoms with Gasteiger partial charge in [0.1, 0.15) is 17.4 Å². The van der Waals surface area contributed by atoms with E-state index >= 15 is 0 Å². The zero-order chi connectivity index (χ0) is 14.0. The van der Waals surface area contributed by atoms with Gasteiger partial charge in [-0.15, -0.1) is 0 Å². The molecule has 0 fully saturated rings. The molecule has 2 N–H and O–H groups in total. The van der Waals surface area contributed by atoms with E-state index < -0.39 is 17.5 Å². The highest BCUT2D eigenvalue weighted by atomic mass is 35.5. The number of halogens is 3. The Bertz CT molecular complexity index is 647. The first-order valence-electron chi connectivity index (χ1n) is 5.22. The van der Waals surface area contributed by atoms with E-state index in [0.29, 0.717) is 0 Å². The molecule has 0 aliphatic carbocycles. The van der Waals surface area contributed by atoms with Crippen molar-refractivity contribution in [2.75, 3.05) is 5.32 Å². The van der Waals surface area contributed by atoms with Crippen molar-refractivity contribution in [3.63, 3.8) is 0 Å². The molecule has 2 rings (SSSR count). The predicted octanol–water partition coefficient (Wildman–Crippen LogP) is 3.58. The van der Waals surface area contributed by atoms with Crippen molar-refractivity contribution in [3.8, 4) is 5.75 Å². The van der Waals surface area contributed by atoms with Gasteiger partial charge in [-0.3, -0.25) is 4.79 Å². The van der Waals surface area contributed by atoms with Crippen molar-refractivity contribution < 1.29 is 18.7 Å². The van der Waals surface area contributed by atoms with Crippen molar-refractivity contribution >= 4 is 23.2 Å². The molecule has 2 aromatic carbocycles. The summed E-state index contributed by atoms with van der Waals surface area (Å²) in [6.07, 6.45) is 0. The van der Waals surface area contributed by atoms with E-state index in [9.17, 15) is 13.6 Å². The molecule has 0 saturated carbocycles. The zero-order valence-electron chi connectivity index (χ0n) is 9.45. The Morgan fingerprint density at radius 1 is 1.11 bits per heavy atom. The van der Waals surface area contributed by atoms with Crippen LogP contribution in [0, 0.1) is 11.6 Å². The lowest BCUT2D eigenvalue weighted by Crippen LogP contribution is -2.13. The first kappa shape index (κ1) is 13.3. The minimum absolute atomic E-state index is 0.149. The second-order valence-corrected chi connectivity index (χ2v) is 4.15. The zero-order valence-corrected chi connectivity index (χ0v) is 10.2. The average Bonchev–Trinajstić information content (AvgIpc) is 2.33. The van der Waals surface area contributed by atoms with Crippen LogP contribution in [-0.4, -0.2) is 11.0 Å². The van der Waals surface area contributed by atoms with Crippen LogP contribution in [-0.2, 0) is 0 Å². The van der Waals surface area contributed by atoms with E-state index in [1.165, 1.54) is 18.2 Å². The van der Waals surface area contributed by atoms with Crippen molar-refractivity contribution in [3.05, 3.63) is 58.6 Å². The lowest BCUT2D eigenvalue weighted by molar-refractivity contribution is 0.102. The van der Waals surface area contributed by atoms with E-state index in [1.54, 1.807) is 0 Å². The van der Waals surface area contributed by atoms with Crippen LogP contribution >= 0.6 is 11.6 Å². The standard InChI is InChI=1S/C13H8ClF2NO2/c14-10-5-7(1-4-11(10)15)17-13(19)9-3-2-8(18)6-12(9)16/h1-6,18H,(H,17,19). The SMILES string of the molecule is O=C(Nc1ccc(F)c(Cl)c1)c1ccc(O)cc1F. The number of carbonyl (C=O) groups is 1. The minimum atomic E-state index is -0.856. The summed E-state index contributed by atoms with van der Waals surface area (Å²) in [6, 6.07) is 6.77. The third-order valence-electron chi connectivity index (χ3n) is 2.37. The molecule has 0 unspecified atom stereocenters. The van der Waals surface area contributed by atoms with E-state index in [0.717, 1.165) is 18.2 Å². The number of anilines is 1. The summed E-state index contributed by atoms with van der Waals surface area (Å²) in [5, 5.41) is 11.3. The van der Waals surface area contributed by atoms with Gasteiger partial charge >= 0.3 is 0 Å². The number of carbonyl (C=O) groups excluding carboxylic acids is 1. The number of hydrogen-bond donors (Lipinski definition) is 2. The second-order valence-electron chi connectivity index (χ2n) is 3.75. The molecule has 0 saturated heterocycles. The summed E-state index contributed by atoms with van der Waals surface area (Å²) in [6.45, 7) is 0. The summed E-state index contributed by atoms with van der Waals surface area (Å²) >= 11 is 5.56. The summed E-state index contributed by atoms with van der Waals surface area (Å²) in [5.74, 6) is -2.47. The van der Waals surface area contributed by atoms with Crippen molar-refractivity contribution in [2.24, 2.45) is 0 Å². The molecule has 0 aromatic heterocycles. The van der Waals surface area contributed by atoms with E-state index in [2.05, 4.69) is 5.32 Å². The first-order chi connectivity index (χ1) is 8.97. The summed E-state index contributed by atoms with van der Waals surface area (Å²) in [7, 11) is 0. The highest BCUT2D eigenvalue weighted by Crippen LogP contribution is 2.21. The van der Waals surface area contributed by atoms with E-state index in [-0.39, 0.29) is 22.0 Å². The maximum Gasteiger partial charge on any atom is 0.258 e. The van der Waals surface area contributed by atoms with Crippen LogP contribution in [0.4, 0.5) is 14.5 Å². The normalized spacial score (nSPS) is 10.3. The molecule has 6 heteroatoms. The van der Waals surface area contributed by atoms with E-state index in [4.69, 9.17) is 16.7 Å². The molecule has 98 valence electrons. The number of rotatable bonds is 2. The highest BCUT2D eigenvalue weighted by Gasteiger charge is 2.13. The summed E-state index contributed by atoms with van der Waals surface area (Å²) in [4.78, 5) is 11.8. The largest absolute Gasteiger partial charge is 0.508 e. The molecule has 0 spiro atoms. The Labute approximate surface area is 112 Å². The minimum Gasteiger partial charge on any atom is -0.508 e. The Morgan fingerprint density at radius 3 is 2.47 bits per heavy atom. The Morgan fingerprint density at radius 2 is 1.84 bits per heavy atom. The fraction of sp³-hybridized carbons (Fsp3) is 0. The van der Waals surface area contributed by atoms with Gasteiger partial charge in [-0.1, -0.05) is 11.6 Å². The molecule has 2 aromatic rings. The second kappa shape index (κ2) is 5.24. The Hall–Kier alpha value is -2.14. The molecule has 0 heterocycles. The van der Waals surface area contributed by atoms with Crippen LogP contribution in [0.3, 0.4) is 0 Å². The summed E-state index contributed by atoms with van der Waals surface area (Å²) in [5.41, 5.74) is 0.00197. The van der Waals surface area contributed by atoms with Gasteiger partial charge in [-0.2, -0.15) is 0 Å². The van der Waals surface area contributed by atoms with Crippen LogP contribution < -0.4 is 5.32 Å². The van der Waals surface area contributed by atoms with Gasteiger partial charge < -0.3 is 10.4 Å². The van der Waals surface area contributed by atoms with Gasteiger partial charge in [0.25, 0.3) is 5.91 Å². The maximum absolute atomic E-state index is 13.4. The molecule has 0 bridgehead atoms. The van der Waals surface area contributed by atoms with Crippen molar-refractivity contribution in [1.29, 1.82) is 0 Å². The van der Waals surface area contributed by atoms with Gasteiger partial charge in [0.2, 0.25) is 0 Å². The van der Waals surface area contributed by atoms with Gasteiger partial charge in [-0.25, -0.2) is 8.78 Å². The first-order valence-corrected chi connectivity index (χ1v) is 5.60. The molecule has 0 aliphatic rings. The smallest absolute Gasteiger partial charge is 0.258 e. The molecule has 19 heavy (non-hydrogen) atoms. The van der Waals surface area contributed by atoms with Crippen molar-refractivity contribution in [1.82, 2.24) is 0 Å². The molecule has 0 radical (unpaired) electrons. The molecule has 0 atom stereocenters. The van der Waals surface area contributed by atoms with Gasteiger partial charge in [-0.05, 0) is 30.3 Å². The summed E-state index contributed by atoms with van der Waals surface area (Å²) < 4.78 is 26.4. The predicted molar refractivity (Wildman–Crippen MR) is 67.4 cm³/mol. The van der Waals surface area contributed by atoms with Crippen LogP contribution in [0.15, 0.2) is 36.4 Å². The van der Waals surface area contributed by atoms with Gasteiger partial charge in [0.15, 0.2) is 0 Å². The average molecular weight is 284 g/mol. The molecule has 3 nitrogen and oxygen atoms in total. The van der Waals surface area contributed by atoms with Crippen molar-refractivity contribution in [2.45, 2.75) is 0 Å². The lowest BCUT2D eigenvalue weighted by Gasteiger charge is -2.07. The van der Waals surface area contributed by atoms with Crippen LogP contribution in [0.1, 0.15) is 10.4 Å². The third-order valence-corrected chi connectivity index (χ3v) is 2.66. The van der Waals surface area contributed by atoms with Crippen LogP contribution in [0.2, 0.25) is 5.02 Å². The fourth-order valence-electron chi connectivity index (χ4n) is 1.46. The Balaban J connectivity index is 2.23. The number of aromatic hydroxyl groups is 1. The maximum atomic E-state index is 13.4. The number of nitrogens with one attached hydrogen (secondary N) is 1. The monoisotopic (exact) mass is 283 g/mol. The number of amides is 1. The number of phenolic OH excluding ortho intramolecular Hbond substituents is 1. The Kier molecular flexibility index (Phi) is 3.66. The fourth-order valence-corrected chi connectivity index (χ4v) is 1.64. The topological polar surface area (TPSA) is 49.3 Å². The molecule has 1 amide bonds. The van der Waals surface area contributed by atoms with E-state index in [1.807, 2.05) is 0 Å². The number of phenols is 1. The highest BCUT2D eigenvalue weighted by molar-refractivity contribution is 6.31. The quantitative estimate of drug-likeness (QED) is 0.885. The molecular weight excluding hydrogens is 276 g/mol. The van der Waals surface area contributed by atoms with Gasteiger partial charge in [0.05, 0.1) is 10.6 Å².